The van der Waals surface area contributed by atoms with Gasteiger partial charge in [-0.1, -0.05) is 41.4 Å². The Labute approximate surface area is 123 Å². The number of hydrogen-bond donors (Lipinski definition) is 2. The summed E-state index contributed by atoms with van der Waals surface area (Å²) in [6.45, 7) is 0. The highest BCUT2D eigenvalue weighted by Crippen LogP contribution is 2.27. The van der Waals surface area contributed by atoms with E-state index in [1.54, 1.807) is 18.2 Å². The molecule has 2 rings (SSSR count). The van der Waals surface area contributed by atoms with E-state index >= 15 is 0 Å². The Bertz CT molecular complexity index is 572. The molecule has 0 amide bonds. The van der Waals surface area contributed by atoms with Gasteiger partial charge in [0.05, 0.1) is 10.0 Å². The topological polar surface area (TPSA) is 32.3 Å². The molecule has 0 bridgehead atoms. The minimum Gasteiger partial charge on any atom is -0.508 e. The number of hydrogen-bond acceptors (Lipinski definition) is 2. The van der Waals surface area contributed by atoms with E-state index in [9.17, 15) is 5.11 Å². The van der Waals surface area contributed by atoms with E-state index in [0.29, 0.717) is 10.0 Å². The fraction of sp³-hybridized carbons (Fsp3) is 0.200. The summed E-state index contributed by atoms with van der Waals surface area (Å²) < 4.78 is 0. The summed E-state index contributed by atoms with van der Waals surface area (Å²) in [5, 5.41) is 13.8. The van der Waals surface area contributed by atoms with Gasteiger partial charge in [0.15, 0.2) is 0 Å². The van der Waals surface area contributed by atoms with Crippen LogP contribution in [-0.2, 0) is 6.42 Å². The van der Waals surface area contributed by atoms with E-state index in [-0.39, 0.29) is 11.8 Å². The van der Waals surface area contributed by atoms with Gasteiger partial charge in [0.2, 0.25) is 0 Å². The van der Waals surface area contributed by atoms with Crippen LogP contribution < -0.4 is 5.32 Å². The minimum absolute atomic E-state index is 0.122. The number of halogens is 2. The molecule has 0 fully saturated rings. The molecule has 0 spiro atoms. The summed E-state index contributed by atoms with van der Waals surface area (Å²) in [4.78, 5) is 0. The Kier molecular flexibility index (Phi) is 4.70. The first-order valence-electron chi connectivity index (χ1n) is 6.00. The van der Waals surface area contributed by atoms with Crippen LogP contribution in [0.25, 0.3) is 0 Å². The van der Waals surface area contributed by atoms with Crippen LogP contribution in [0, 0.1) is 0 Å². The van der Waals surface area contributed by atoms with E-state index in [2.05, 4.69) is 5.32 Å². The SMILES string of the molecule is CNC(Cc1cccc(O)c1)c1ccc(Cl)c(Cl)c1. The molecule has 1 unspecified atom stereocenters. The lowest BCUT2D eigenvalue weighted by Crippen LogP contribution is -2.18. The molecule has 0 aliphatic heterocycles. The van der Waals surface area contributed by atoms with Gasteiger partial charge < -0.3 is 10.4 Å². The first kappa shape index (κ1) is 14.2. The molecule has 2 aromatic carbocycles. The predicted molar refractivity (Wildman–Crippen MR) is 80.1 cm³/mol. The first-order chi connectivity index (χ1) is 9.10. The van der Waals surface area contributed by atoms with Crippen LogP contribution in [0.4, 0.5) is 0 Å². The lowest BCUT2D eigenvalue weighted by Gasteiger charge is -2.17. The Morgan fingerprint density at radius 1 is 1.11 bits per heavy atom. The highest BCUT2D eigenvalue weighted by molar-refractivity contribution is 6.42. The van der Waals surface area contributed by atoms with Crippen molar-refractivity contribution in [1.82, 2.24) is 5.32 Å². The van der Waals surface area contributed by atoms with Gasteiger partial charge in [-0.2, -0.15) is 0 Å². The molecular formula is C15H15Cl2NO. The molecule has 0 aliphatic carbocycles. The minimum atomic E-state index is 0.122. The zero-order valence-corrected chi connectivity index (χ0v) is 12.0. The molecule has 2 nitrogen and oxygen atoms in total. The average Bonchev–Trinajstić information content (AvgIpc) is 2.39. The molecule has 0 saturated heterocycles. The molecule has 1 atom stereocenters. The molecule has 0 aliphatic rings. The third kappa shape index (κ3) is 3.63. The molecule has 0 heterocycles. The number of likely N-dealkylation sites (N-methyl/N-ethyl adjacent to an activating group) is 1. The predicted octanol–water partition coefficient (Wildman–Crippen LogP) is 4.20. The molecule has 4 heteroatoms. The second kappa shape index (κ2) is 6.29. The highest BCUT2D eigenvalue weighted by Gasteiger charge is 2.12. The van der Waals surface area contributed by atoms with Crippen molar-refractivity contribution >= 4 is 23.2 Å². The molecule has 2 N–H and O–H groups in total. The van der Waals surface area contributed by atoms with Gasteiger partial charge in [-0.25, -0.2) is 0 Å². The van der Waals surface area contributed by atoms with Crippen LogP contribution in [0.2, 0.25) is 10.0 Å². The van der Waals surface area contributed by atoms with E-state index in [1.807, 2.05) is 31.3 Å². The number of phenols is 1. The van der Waals surface area contributed by atoms with Crippen LogP contribution >= 0.6 is 23.2 Å². The lowest BCUT2D eigenvalue weighted by molar-refractivity contribution is 0.473. The fourth-order valence-corrected chi connectivity index (χ4v) is 2.34. The van der Waals surface area contributed by atoms with Gasteiger partial charge in [0.1, 0.15) is 5.75 Å². The van der Waals surface area contributed by atoms with Gasteiger partial charge in [-0.15, -0.1) is 0 Å². The summed E-state index contributed by atoms with van der Waals surface area (Å²) in [5.41, 5.74) is 2.13. The van der Waals surface area contributed by atoms with Gasteiger partial charge in [0, 0.05) is 6.04 Å². The highest BCUT2D eigenvalue weighted by atomic mass is 35.5. The van der Waals surface area contributed by atoms with Crippen LogP contribution in [-0.4, -0.2) is 12.2 Å². The standard InChI is InChI=1S/C15H15Cl2NO/c1-18-15(8-10-3-2-4-12(19)7-10)11-5-6-13(16)14(17)9-11/h2-7,9,15,18-19H,8H2,1H3. The number of phenolic OH excluding ortho intramolecular Hbond substituents is 1. The maximum atomic E-state index is 9.49. The monoisotopic (exact) mass is 295 g/mol. The fourth-order valence-electron chi connectivity index (χ4n) is 2.03. The number of nitrogens with one attached hydrogen (secondary N) is 1. The van der Waals surface area contributed by atoms with E-state index in [4.69, 9.17) is 23.2 Å². The Morgan fingerprint density at radius 2 is 1.89 bits per heavy atom. The first-order valence-corrected chi connectivity index (χ1v) is 6.76. The molecular weight excluding hydrogens is 281 g/mol. The zero-order chi connectivity index (χ0) is 13.8. The summed E-state index contributed by atoms with van der Waals surface area (Å²) in [5.74, 6) is 0.279. The Balaban J connectivity index is 2.22. The average molecular weight is 296 g/mol. The number of benzene rings is 2. The van der Waals surface area contributed by atoms with Crippen molar-refractivity contribution in [3.8, 4) is 5.75 Å². The van der Waals surface area contributed by atoms with Gasteiger partial charge >= 0.3 is 0 Å². The largest absolute Gasteiger partial charge is 0.508 e. The second-order valence-corrected chi connectivity index (χ2v) is 5.20. The molecule has 19 heavy (non-hydrogen) atoms. The van der Waals surface area contributed by atoms with Gasteiger partial charge in [-0.3, -0.25) is 0 Å². The zero-order valence-electron chi connectivity index (χ0n) is 10.5. The van der Waals surface area contributed by atoms with Crippen molar-refractivity contribution in [3.63, 3.8) is 0 Å². The van der Waals surface area contributed by atoms with Gasteiger partial charge in [0.25, 0.3) is 0 Å². The third-order valence-electron chi connectivity index (χ3n) is 3.04. The van der Waals surface area contributed by atoms with Crippen molar-refractivity contribution < 1.29 is 5.11 Å². The molecule has 0 radical (unpaired) electrons. The summed E-state index contributed by atoms with van der Waals surface area (Å²) in [7, 11) is 1.90. The van der Waals surface area contributed by atoms with E-state index < -0.39 is 0 Å². The summed E-state index contributed by atoms with van der Waals surface area (Å²) >= 11 is 12.0. The van der Waals surface area contributed by atoms with E-state index in [1.165, 1.54) is 0 Å². The van der Waals surface area contributed by atoms with Crippen molar-refractivity contribution in [1.29, 1.82) is 0 Å². The third-order valence-corrected chi connectivity index (χ3v) is 3.78. The normalized spacial score (nSPS) is 12.4. The van der Waals surface area contributed by atoms with Gasteiger partial charge in [-0.05, 0) is 48.9 Å². The maximum Gasteiger partial charge on any atom is 0.115 e. The number of aromatic hydroxyl groups is 1. The summed E-state index contributed by atoms with van der Waals surface area (Å²) in [6.07, 6.45) is 0.767. The van der Waals surface area contributed by atoms with Crippen LogP contribution in [0.1, 0.15) is 17.2 Å². The lowest BCUT2D eigenvalue weighted by atomic mass is 9.99. The van der Waals surface area contributed by atoms with Crippen molar-refractivity contribution in [2.24, 2.45) is 0 Å². The molecule has 0 aromatic heterocycles. The Morgan fingerprint density at radius 3 is 2.53 bits per heavy atom. The molecule has 100 valence electrons. The molecule has 0 saturated carbocycles. The maximum absolute atomic E-state index is 9.49. The van der Waals surface area contributed by atoms with Crippen molar-refractivity contribution in [2.75, 3.05) is 7.05 Å². The quantitative estimate of drug-likeness (QED) is 0.886. The number of rotatable bonds is 4. The smallest absolute Gasteiger partial charge is 0.115 e. The van der Waals surface area contributed by atoms with Crippen LogP contribution in [0.15, 0.2) is 42.5 Å². The van der Waals surface area contributed by atoms with Crippen molar-refractivity contribution in [3.05, 3.63) is 63.6 Å². The van der Waals surface area contributed by atoms with Crippen LogP contribution in [0.3, 0.4) is 0 Å². The van der Waals surface area contributed by atoms with E-state index in [0.717, 1.165) is 17.5 Å². The van der Waals surface area contributed by atoms with Crippen LogP contribution in [0.5, 0.6) is 5.75 Å². The Hall–Kier alpha value is -1.22. The summed E-state index contributed by atoms with van der Waals surface area (Å²) in [6, 6.07) is 13.0. The second-order valence-electron chi connectivity index (χ2n) is 4.39. The van der Waals surface area contributed by atoms with Crippen molar-refractivity contribution in [2.45, 2.75) is 12.5 Å². The molecule has 2 aromatic rings.